The number of benzene rings is 1. The molecule has 4 unspecified atom stereocenters. The summed E-state index contributed by atoms with van der Waals surface area (Å²) in [5, 5.41) is 3.73. The van der Waals surface area contributed by atoms with E-state index in [2.05, 4.69) is 32.2 Å². The molecule has 1 aliphatic heterocycles. The first-order valence-electron chi connectivity index (χ1n) is 6.92. The van der Waals surface area contributed by atoms with Gasteiger partial charge in [-0.05, 0) is 30.5 Å². The van der Waals surface area contributed by atoms with E-state index in [1.165, 1.54) is 0 Å². The van der Waals surface area contributed by atoms with Gasteiger partial charge in [0.2, 0.25) is 0 Å². The lowest BCUT2D eigenvalue weighted by Crippen LogP contribution is -2.39. The Kier molecular flexibility index (Phi) is 4.63. The van der Waals surface area contributed by atoms with Crippen molar-refractivity contribution in [1.82, 2.24) is 5.32 Å². The molecule has 2 rings (SSSR count). The minimum absolute atomic E-state index is 0.137. The van der Waals surface area contributed by atoms with Crippen LogP contribution in [-0.2, 0) is 10.8 Å². The molecule has 0 fully saturated rings. The minimum Gasteiger partial charge on any atom is -0.495 e. The van der Waals surface area contributed by atoms with Crippen LogP contribution in [0.2, 0.25) is 0 Å². The van der Waals surface area contributed by atoms with Gasteiger partial charge in [-0.3, -0.25) is 4.21 Å². The Labute approximate surface area is 118 Å². The molecule has 0 radical (unpaired) electrons. The van der Waals surface area contributed by atoms with E-state index < -0.39 is 10.8 Å². The van der Waals surface area contributed by atoms with Crippen molar-refractivity contribution in [3.05, 3.63) is 23.8 Å². The summed E-state index contributed by atoms with van der Waals surface area (Å²) in [6.45, 7) is 7.38. The number of ether oxygens (including phenoxy) is 1. The van der Waals surface area contributed by atoms with Crippen molar-refractivity contribution in [2.45, 2.75) is 43.4 Å². The van der Waals surface area contributed by atoms with E-state index in [0.29, 0.717) is 5.92 Å². The molecule has 0 aliphatic carbocycles. The fraction of sp³-hybridized carbons (Fsp3) is 0.600. The monoisotopic (exact) mass is 281 g/mol. The van der Waals surface area contributed by atoms with Crippen LogP contribution >= 0.6 is 0 Å². The van der Waals surface area contributed by atoms with Crippen LogP contribution in [0.15, 0.2) is 23.1 Å². The van der Waals surface area contributed by atoms with Gasteiger partial charge >= 0.3 is 0 Å². The molecule has 106 valence electrons. The molecular formula is C15H23NO2S. The van der Waals surface area contributed by atoms with Gasteiger partial charge in [0.05, 0.1) is 22.8 Å². The van der Waals surface area contributed by atoms with E-state index in [0.717, 1.165) is 29.2 Å². The molecule has 1 aromatic carbocycles. The van der Waals surface area contributed by atoms with E-state index in [4.69, 9.17) is 4.74 Å². The maximum Gasteiger partial charge on any atom is 0.135 e. The molecule has 0 saturated carbocycles. The zero-order chi connectivity index (χ0) is 14.0. The van der Waals surface area contributed by atoms with Crippen molar-refractivity contribution in [1.29, 1.82) is 0 Å². The average molecular weight is 281 g/mol. The standard InChI is InChI=1S/C15H23NO2S/c1-5-9-16-14-10(2)11(3)19(17)15-12(14)7-6-8-13(15)18-4/h6-8,10-11,14,16H,5,9H2,1-4H3. The molecule has 1 aliphatic rings. The van der Waals surface area contributed by atoms with Crippen LogP contribution in [0, 0.1) is 5.92 Å². The van der Waals surface area contributed by atoms with Gasteiger partial charge in [-0.2, -0.15) is 0 Å². The molecule has 3 nitrogen and oxygen atoms in total. The third kappa shape index (κ3) is 2.56. The number of rotatable bonds is 4. The van der Waals surface area contributed by atoms with Crippen LogP contribution in [0.25, 0.3) is 0 Å². The van der Waals surface area contributed by atoms with Crippen molar-refractivity contribution in [3.63, 3.8) is 0 Å². The van der Waals surface area contributed by atoms with E-state index in [-0.39, 0.29) is 11.3 Å². The first-order valence-corrected chi connectivity index (χ1v) is 8.14. The van der Waals surface area contributed by atoms with Gasteiger partial charge in [-0.15, -0.1) is 0 Å². The summed E-state index contributed by atoms with van der Waals surface area (Å²) in [6, 6.07) is 6.22. The van der Waals surface area contributed by atoms with Crippen LogP contribution in [0.1, 0.15) is 38.8 Å². The second kappa shape index (κ2) is 6.06. The summed E-state index contributed by atoms with van der Waals surface area (Å²) in [5.74, 6) is 1.10. The van der Waals surface area contributed by atoms with Gasteiger partial charge in [-0.1, -0.05) is 32.9 Å². The van der Waals surface area contributed by atoms with Crippen molar-refractivity contribution < 1.29 is 8.95 Å². The summed E-state index contributed by atoms with van der Waals surface area (Å²) in [6.07, 6.45) is 1.10. The molecule has 0 bridgehead atoms. The largest absolute Gasteiger partial charge is 0.495 e. The predicted octanol–water partition coefficient (Wildman–Crippen LogP) is 2.88. The molecule has 0 saturated heterocycles. The summed E-state index contributed by atoms with van der Waals surface area (Å²) in [5.41, 5.74) is 1.14. The zero-order valence-corrected chi connectivity index (χ0v) is 12.9. The molecule has 1 aromatic rings. The normalized spacial score (nSPS) is 29.9. The van der Waals surface area contributed by atoms with Crippen LogP contribution in [-0.4, -0.2) is 23.1 Å². The number of nitrogens with one attached hydrogen (secondary N) is 1. The molecule has 0 spiro atoms. The summed E-state index contributed by atoms with van der Waals surface area (Å²) >= 11 is 0. The Bertz CT molecular complexity index is 475. The van der Waals surface area contributed by atoms with E-state index in [9.17, 15) is 4.21 Å². The molecule has 0 aromatic heterocycles. The first kappa shape index (κ1) is 14.5. The predicted molar refractivity (Wildman–Crippen MR) is 79.1 cm³/mol. The molecule has 19 heavy (non-hydrogen) atoms. The lowest BCUT2D eigenvalue weighted by atomic mass is 9.91. The molecular weight excluding hydrogens is 258 g/mol. The van der Waals surface area contributed by atoms with E-state index in [1.807, 2.05) is 12.1 Å². The van der Waals surface area contributed by atoms with Crippen molar-refractivity contribution in [2.75, 3.05) is 13.7 Å². The van der Waals surface area contributed by atoms with Gasteiger partial charge in [0.1, 0.15) is 5.75 Å². The highest BCUT2D eigenvalue weighted by Crippen LogP contribution is 2.42. The van der Waals surface area contributed by atoms with Crippen molar-refractivity contribution in [2.24, 2.45) is 5.92 Å². The first-order chi connectivity index (χ1) is 9.11. The Morgan fingerprint density at radius 3 is 2.74 bits per heavy atom. The summed E-state index contributed by atoms with van der Waals surface area (Å²) in [7, 11) is 0.650. The zero-order valence-electron chi connectivity index (χ0n) is 12.1. The van der Waals surface area contributed by atoms with E-state index in [1.54, 1.807) is 7.11 Å². The van der Waals surface area contributed by atoms with Crippen molar-refractivity contribution in [3.8, 4) is 5.75 Å². The average Bonchev–Trinajstić information content (AvgIpc) is 2.44. The van der Waals surface area contributed by atoms with Crippen LogP contribution in [0.3, 0.4) is 0 Å². The lowest BCUT2D eigenvalue weighted by molar-refractivity contribution is 0.354. The molecule has 4 atom stereocenters. The Morgan fingerprint density at radius 2 is 2.11 bits per heavy atom. The third-order valence-electron chi connectivity index (χ3n) is 3.98. The van der Waals surface area contributed by atoms with Gasteiger partial charge < -0.3 is 10.1 Å². The number of methoxy groups -OCH3 is 1. The maximum absolute atomic E-state index is 12.6. The SMILES string of the molecule is CCCNC1c2cccc(OC)c2S(=O)C(C)C1C. The second-order valence-corrected chi connectivity index (χ2v) is 6.92. The van der Waals surface area contributed by atoms with Gasteiger partial charge in [0.25, 0.3) is 0 Å². The third-order valence-corrected chi connectivity index (χ3v) is 5.93. The highest BCUT2D eigenvalue weighted by molar-refractivity contribution is 7.86. The highest BCUT2D eigenvalue weighted by atomic mass is 32.2. The van der Waals surface area contributed by atoms with Crippen molar-refractivity contribution >= 4 is 10.8 Å². The lowest BCUT2D eigenvalue weighted by Gasteiger charge is -2.36. The molecule has 1 heterocycles. The number of hydrogen-bond donors (Lipinski definition) is 1. The summed E-state index contributed by atoms with van der Waals surface area (Å²) in [4.78, 5) is 0.879. The Hall–Kier alpha value is -0.870. The second-order valence-electron chi connectivity index (χ2n) is 5.17. The van der Waals surface area contributed by atoms with Gasteiger partial charge in [0.15, 0.2) is 0 Å². The Balaban J connectivity index is 2.49. The quantitative estimate of drug-likeness (QED) is 0.922. The van der Waals surface area contributed by atoms with E-state index >= 15 is 0 Å². The number of hydrogen-bond acceptors (Lipinski definition) is 3. The van der Waals surface area contributed by atoms with Crippen LogP contribution in [0.5, 0.6) is 5.75 Å². The molecule has 1 N–H and O–H groups in total. The smallest absolute Gasteiger partial charge is 0.135 e. The Morgan fingerprint density at radius 1 is 1.37 bits per heavy atom. The fourth-order valence-electron chi connectivity index (χ4n) is 2.68. The van der Waals surface area contributed by atoms with Gasteiger partial charge in [-0.25, -0.2) is 0 Å². The van der Waals surface area contributed by atoms with Crippen LogP contribution < -0.4 is 10.1 Å². The van der Waals surface area contributed by atoms with Crippen LogP contribution in [0.4, 0.5) is 0 Å². The molecule has 0 amide bonds. The fourth-order valence-corrected chi connectivity index (χ4v) is 4.38. The summed E-state index contributed by atoms with van der Waals surface area (Å²) < 4.78 is 18.0. The topological polar surface area (TPSA) is 38.3 Å². The van der Waals surface area contributed by atoms with Gasteiger partial charge in [0, 0.05) is 11.3 Å². The highest BCUT2D eigenvalue weighted by Gasteiger charge is 2.37. The maximum atomic E-state index is 12.6. The minimum atomic E-state index is -0.993. The molecule has 4 heteroatoms. The number of fused-ring (bicyclic) bond motifs is 1.